The number of nitrogens with one attached hydrogen (secondary N) is 1. The van der Waals surface area contributed by atoms with E-state index >= 15 is 0 Å². The van der Waals surface area contributed by atoms with Crippen molar-refractivity contribution in [1.29, 1.82) is 0 Å². The monoisotopic (exact) mass is 494 g/mol. The molecule has 3 heterocycles. The summed E-state index contributed by atoms with van der Waals surface area (Å²) >= 11 is 0. The summed E-state index contributed by atoms with van der Waals surface area (Å²) in [7, 11) is 0. The van der Waals surface area contributed by atoms with Gasteiger partial charge in [-0.1, -0.05) is 35.5 Å². The van der Waals surface area contributed by atoms with Gasteiger partial charge in [0.15, 0.2) is 0 Å². The zero-order valence-electron chi connectivity index (χ0n) is 20.5. The van der Waals surface area contributed by atoms with Crippen LogP contribution in [0.15, 0.2) is 89.8 Å². The van der Waals surface area contributed by atoms with Gasteiger partial charge >= 0.3 is 0 Å². The number of benzene rings is 2. The molecule has 0 radical (unpaired) electrons. The van der Waals surface area contributed by atoms with Gasteiger partial charge in [0.2, 0.25) is 11.8 Å². The number of furan rings is 1. The van der Waals surface area contributed by atoms with Crippen molar-refractivity contribution in [2.24, 2.45) is 0 Å². The van der Waals surface area contributed by atoms with E-state index in [9.17, 15) is 9.59 Å². The van der Waals surface area contributed by atoms with E-state index in [0.29, 0.717) is 22.5 Å². The van der Waals surface area contributed by atoms with Crippen LogP contribution in [0.4, 0.5) is 5.69 Å². The first-order chi connectivity index (χ1) is 18.0. The van der Waals surface area contributed by atoms with Crippen molar-refractivity contribution in [3.63, 3.8) is 0 Å². The molecule has 1 N–H and O–H groups in total. The second-order valence-electron chi connectivity index (χ2n) is 8.78. The Morgan fingerprint density at radius 3 is 2.70 bits per heavy atom. The Labute approximate surface area is 213 Å². The van der Waals surface area contributed by atoms with Crippen LogP contribution in [-0.2, 0) is 22.7 Å². The van der Waals surface area contributed by atoms with Gasteiger partial charge in [0.05, 0.1) is 18.3 Å². The summed E-state index contributed by atoms with van der Waals surface area (Å²) in [6.45, 7) is 3.95. The van der Waals surface area contributed by atoms with Crippen LogP contribution >= 0.6 is 0 Å². The molecule has 0 saturated carbocycles. The molecular formula is C28H26N6O3. The topological polar surface area (TPSA) is 106 Å². The SMILES string of the molecule is Cc1ccc(C)c(N(C(=O)Cn2nnc3ccccc32)[C@H](C(=O)NCc2ccco2)c2cccnc2)c1. The first-order valence-corrected chi connectivity index (χ1v) is 11.9. The van der Waals surface area contributed by atoms with Gasteiger partial charge in [0.25, 0.3) is 0 Å². The zero-order valence-corrected chi connectivity index (χ0v) is 20.5. The highest BCUT2D eigenvalue weighted by Crippen LogP contribution is 2.31. The van der Waals surface area contributed by atoms with Crippen LogP contribution in [0.1, 0.15) is 28.5 Å². The van der Waals surface area contributed by atoms with Crippen molar-refractivity contribution in [2.45, 2.75) is 33.0 Å². The molecule has 2 amide bonds. The molecule has 1 atom stereocenters. The van der Waals surface area contributed by atoms with Crippen LogP contribution < -0.4 is 10.2 Å². The molecule has 0 unspecified atom stereocenters. The molecule has 3 aromatic heterocycles. The third-order valence-electron chi connectivity index (χ3n) is 6.12. The molecular weight excluding hydrogens is 468 g/mol. The van der Waals surface area contributed by atoms with Crippen molar-refractivity contribution in [1.82, 2.24) is 25.3 Å². The second-order valence-corrected chi connectivity index (χ2v) is 8.78. The number of aryl methyl sites for hydroxylation is 2. The Morgan fingerprint density at radius 1 is 1.05 bits per heavy atom. The van der Waals surface area contributed by atoms with Gasteiger partial charge in [-0.25, -0.2) is 4.68 Å². The third kappa shape index (κ3) is 5.11. The summed E-state index contributed by atoms with van der Waals surface area (Å²) in [5, 5.41) is 11.3. The summed E-state index contributed by atoms with van der Waals surface area (Å²) in [4.78, 5) is 33.6. The number of nitrogens with zero attached hydrogens (tertiary/aromatic N) is 5. The highest BCUT2D eigenvalue weighted by molar-refractivity contribution is 6.02. The molecule has 2 aromatic carbocycles. The second kappa shape index (κ2) is 10.4. The lowest BCUT2D eigenvalue weighted by atomic mass is 10.0. The average Bonchev–Trinajstić information content (AvgIpc) is 3.58. The number of hydrogen-bond acceptors (Lipinski definition) is 6. The van der Waals surface area contributed by atoms with Crippen LogP contribution in [0.25, 0.3) is 11.0 Å². The van der Waals surface area contributed by atoms with Crippen LogP contribution in [0.3, 0.4) is 0 Å². The molecule has 0 spiro atoms. The maximum Gasteiger partial charge on any atom is 0.249 e. The summed E-state index contributed by atoms with van der Waals surface area (Å²) in [6, 6.07) is 19.4. The Balaban J connectivity index is 1.58. The van der Waals surface area contributed by atoms with Gasteiger partial charge in [-0.3, -0.25) is 19.5 Å². The normalized spacial score (nSPS) is 11.8. The van der Waals surface area contributed by atoms with Crippen molar-refractivity contribution < 1.29 is 14.0 Å². The van der Waals surface area contributed by atoms with Gasteiger partial charge in [0.1, 0.15) is 23.9 Å². The summed E-state index contributed by atoms with van der Waals surface area (Å²) in [5.74, 6) is -0.0644. The van der Waals surface area contributed by atoms with Crippen molar-refractivity contribution in [2.75, 3.05) is 4.90 Å². The Kier molecular flexibility index (Phi) is 6.76. The number of carbonyl (C=O) groups is 2. The van der Waals surface area contributed by atoms with Gasteiger partial charge in [-0.2, -0.15) is 0 Å². The Hall–Kier alpha value is -4.79. The van der Waals surface area contributed by atoms with Crippen LogP contribution in [-0.4, -0.2) is 31.8 Å². The molecule has 0 fully saturated rings. The van der Waals surface area contributed by atoms with E-state index in [4.69, 9.17) is 4.42 Å². The van der Waals surface area contributed by atoms with Crippen LogP contribution in [0.5, 0.6) is 0 Å². The maximum absolute atomic E-state index is 14.1. The van der Waals surface area contributed by atoms with Gasteiger partial charge in [-0.15, -0.1) is 5.10 Å². The number of fused-ring (bicyclic) bond motifs is 1. The number of carbonyl (C=O) groups excluding carboxylic acids is 2. The molecule has 5 rings (SSSR count). The Bertz CT molecular complexity index is 1530. The number of anilines is 1. The van der Waals surface area contributed by atoms with E-state index < -0.39 is 6.04 Å². The maximum atomic E-state index is 14.1. The number of rotatable bonds is 8. The molecule has 5 aromatic rings. The zero-order chi connectivity index (χ0) is 25.8. The predicted molar refractivity (Wildman–Crippen MR) is 138 cm³/mol. The van der Waals surface area contributed by atoms with Crippen molar-refractivity contribution in [3.05, 3.63) is 108 Å². The predicted octanol–water partition coefficient (Wildman–Crippen LogP) is 4.13. The van der Waals surface area contributed by atoms with E-state index in [2.05, 4.69) is 20.6 Å². The lowest BCUT2D eigenvalue weighted by Gasteiger charge is -2.32. The van der Waals surface area contributed by atoms with E-state index in [1.807, 2.05) is 56.3 Å². The molecule has 9 heteroatoms. The van der Waals surface area contributed by atoms with Crippen LogP contribution in [0, 0.1) is 13.8 Å². The molecule has 0 aliphatic heterocycles. The smallest absolute Gasteiger partial charge is 0.249 e. The molecule has 0 aliphatic carbocycles. The fourth-order valence-corrected chi connectivity index (χ4v) is 4.27. The largest absolute Gasteiger partial charge is 0.467 e. The Morgan fingerprint density at radius 2 is 1.92 bits per heavy atom. The van der Waals surface area contributed by atoms with E-state index in [-0.39, 0.29) is 24.9 Å². The quantitative estimate of drug-likeness (QED) is 0.348. The summed E-state index contributed by atoms with van der Waals surface area (Å²) < 4.78 is 6.93. The highest BCUT2D eigenvalue weighted by Gasteiger charge is 2.34. The third-order valence-corrected chi connectivity index (χ3v) is 6.12. The van der Waals surface area contributed by atoms with E-state index in [0.717, 1.165) is 16.6 Å². The van der Waals surface area contributed by atoms with Gasteiger partial charge in [-0.05, 0) is 61.4 Å². The molecule has 0 saturated heterocycles. The number of para-hydroxylation sites is 1. The first kappa shape index (κ1) is 23.9. The number of pyridine rings is 1. The molecule has 0 aliphatic rings. The van der Waals surface area contributed by atoms with Crippen LogP contribution in [0.2, 0.25) is 0 Å². The minimum Gasteiger partial charge on any atom is -0.467 e. The lowest BCUT2D eigenvalue weighted by molar-refractivity contribution is -0.127. The standard InChI is InChI=1S/C28H26N6O3/c1-19-11-12-20(2)25(15-19)34(26(35)18-33-24-10-4-3-9-23(24)31-32-33)27(21-7-5-13-29-16-21)28(36)30-17-22-8-6-14-37-22/h3-16,27H,17-18H2,1-2H3,(H,30,36)/t27-/m0/s1. The van der Waals surface area contributed by atoms with Crippen molar-refractivity contribution >= 4 is 28.5 Å². The minimum absolute atomic E-state index is 0.101. The van der Waals surface area contributed by atoms with E-state index in [1.165, 1.54) is 4.90 Å². The number of amides is 2. The van der Waals surface area contributed by atoms with Gasteiger partial charge in [0, 0.05) is 23.6 Å². The lowest BCUT2D eigenvalue weighted by Crippen LogP contribution is -2.45. The van der Waals surface area contributed by atoms with E-state index in [1.54, 1.807) is 47.6 Å². The molecule has 186 valence electrons. The highest BCUT2D eigenvalue weighted by atomic mass is 16.3. The number of aromatic nitrogens is 4. The van der Waals surface area contributed by atoms with Gasteiger partial charge < -0.3 is 9.73 Å². The van der Waals surface area contributed by atoms with Crippen molar-refractivity contribution in [3.8, 4) is 0 Å². The molecule has 37 heavy (non-hydrogen) atoms. The minimum atomic E-state index is -0.980. The molecule has 0 bridgehead atoms. The number of hydrogen-bond donors (Lipinski definition) is 1. The summed E-state index contributed by atoms with van der Waals surface area (Å²) in [5.41, 5.74) is 4.46. The fourth-order valence-electron chi connectivity index (χ4n) is 4.27. The summed E-state index contributed by atoms with van der Waals surface area (Å²) in [6.07, 6.45) is 4.79. The first-order valence-electron chi connectivity index (χ1n) is 11.9. The fraction of sp³-hybridized carbons (Fsp3) is 0.179. The average molecular weight is 495 g/mol. The molecule has 9 nitrogen and oxygen atoms in total.